The highest BCUT2D eigenvalue weighted by atomic mass is 32.2. The molecule has 0 amide bonds. The molecule has 0 radical (unpaired) electrons. The van der Waals surface area contributed by atoms with Crippen LogP contribution in [0.5, 0.6) is 0 Å². The highest BCUT2D eigenvalue weighted by Gasteiger charge is 2.42. The Kier molecular flexibility index (Phi) is 4.87. The summed E-state index contributed by atoms with van der Waals surface area (Å²) in [6.07, 6.45) is 2.07. The summed E-state index contributed by atoms with van der Waals surface area (Å²) >= 11 is 1.76. The lowest BCUT2D eigenvalue weighted by Crippen LogP contribution is -2.29. The molecular formula is C14H20O2S2. The normalized spacial score (nSPS) is 29.3. The molecule has 1 unspecified atom stereocenters. The second kappa shape index (κ2) is 6.22. The van der Waals surface area contributed by atoms with Crippen molar-refractivity contribution in [2.75, 3.05) is 11.5 Å². The molecule has 2 rings (SSSR count). The smallest absolute Gasteiger partial charge is 0.0936 e. The Morgan fingerprint density at radius 3 is 2.72 bits per heavy atom. The van der Waals surface area contributed by atoms with Crippen LogP contribution >= 0.6 is 11.8 Å². The van der Waals surface area contributed by atoms with Crippen molar-refractivity contribution in [2.24, 2.45) is 0 Å². The first-order valence-electron chi connectivity index (χ1n) is 6.43. The minimum atomic E-state index is -0.811. The van der Waals surface area contributed by atoms with E-state index in [1.165, 1.54) is 0 Å². The van der Waals surface area contributed by atoms with Crippen LogP contribution in [0.3, 0.4) is 0 Å². The number of hydrogen-bond donors (Lipinski definition) is 1. The van der Waals surface area contributed by atoms with E-state index in [2.05, 4.69) is 6.92 Å². The summed E-state index contributed by atoms with van der Waals surface area (Å²) in [5, 5.41) is 10.3. The molecule has 0 bridgehead atoms. The molecule has 1 heterocycles. The summed E-state index contributed by atoms with van der Waals surface area (Å²) in [4.78, 5) is 0. The van der Waals surface area contributed by atoms with Crippen molar-refractivity contribution in [3.8, 4) is 0 Å². The summed E-state index contributed by atoms with van der Waals surface area (Å²) in [5.41, 5.74) is 0.928. The van der Waals surface area contributed by atoms with E-state index < -0.39 is 16.9 Å². The number of thioether (sulfide) groups is 1. The highest BCUT2D eigenvalue weighted by molar-refractivity contribution is 8.12. The van der Waals surface area contributed by atoms with E-state index in [-0.39, 0.29) is 4.08 Å². The van der Waals surface area contributed by atoms with Gasteiger partial charge in [0.1, 0.15) is 0 Å². The first-order valence-corrected chi connectivity index (χ1v) is 8.74. The maximum Gasteiger partial charge on any atom is 0.0936 e. The third-order valence-electron chi connectivity index (χ3n) is 3.40. The molecule has 100 valence electrons. The van der Waals surface area contributed by atoms with Crippen molar-refractivity contribution in [3.05, 3.63) is 35.9 Å². The number of hydrogen-bond acceptors (Lipinski definition) is 3. The van der Waals surface area contributed by atoms with Gasteiger partial charge in [-0.2, -0.15) is 0 Å². The number of benzene rings is 1. The Labute approximate surface area is 116 Å². The molecule has 18 heavy (non-hydrogen) atoms. The molecule has 1 N–H and O–H groups in total. The van der Waals surface area contributed by atoms with E-state index in [1.54, 1.807) is 11.8 Å². The maximum absolute atomic E-state index is 12.2. The van der Waals surface area contributed by atoms with Gasteiger partial charge in [-0.3, -0.25) is 4.21 Å². The Balaban J connectivity index is 2.12. The fraction of sp³-hybridized carbons (Fsp3) is 0.571. The van der Waals surface area contributed by atoms with Crippen molar-refractivity contribution in [1.82, 2.24) is 0 Å². The molecule has 1 saturated heterocycles. The first kappa shape index (κ1) is 14.1. The lowest BCUT2D eigenvalue weighted by Gasteiger charge is -2.29. The zero-order valence-electron chi connectivity index (χ0n) is 10.7. The fourth-order valence-corrected chi connectivity index (χ4v) is 6.23. The van der Waals surface area contributed by atoms with Crippen LogP contribution in [0.4, 0.5) is 0 Å². The molecule has 0 aromatic heterocycles. The molecule has 1 aliphatic heterocycles. The molecule has 3 atom stereocenters. The zero-order valence-corrected chi connectivity index (χ0v) is 12.3. The lowest BCUT2D eigenvalue weighted by atomic mass is 10.0. The van der Waals surface area contributed by atoms with Crippen LogP contribution in [0.25, 0.3) is 0 Å². The molecule has 1 aromatic carbocycles. The van der Waals surface area contributed by atoms with Gasteiger partial charge in [-0.1, -0.05) is 37.3 Å². The molecule has 0 aliphatic carbocycles. The van der Waals surface area contributed by atoms with Gasteiger partial charge in [0.05, 0.1) is 10.2 Å². The summed E-state index contributed by atoms with van der Waals surface area (Å²) in [6.45, 7) is 2.09. The summed E-state index contributed by atoms with van der Waals surface area (Å²) < 4.78 is 12.0. The van der Waals surface area contributed by atoms with Gasteiger partial charge in [-0.05, 0) is 24.2 Å². The van der Waals surface area contributed by atoms with Crippen LogP contribution in [-0.2, 0) is 10.8 Å². The average molecular weight is 284 g/mol. The average Bonchev–Trinajstić information content (AvgIpc) is 2.72. The Hall–Kier alpha value is -0.320. The highest BCUT2D eigenvalue weighted by Crippen LogP contribution is 2.45. The largest absolute Gasteiger partial charge is 0.388 e. The van der Waals surface area contributed by atoms with Gasteiger partial charge in [-0.25, -0.2) is 0 Å². The van der Waals surface area contributed by atoms with E-state index in [0.29, 0.717) is 6.42 Å². The van der Waals surface area contributed by atoms with Crippen molar-refractivity contribution in [3.63, 3.8) is 0 Å². The van der Waals surface area contributed by atoms with Crippen molar-refractivity contribution in [2.45, 2.75) is 36.4 Å². The standard InChI is InChI=1S/C14H20O2S2/c1-2-17-14(9-6-10-18(14)16)11-13(15)12-7-4-3-5-8-12/h3-5,7-8,13,15H,2,6,9-11H2,1H3/t13-,14+,18?/m1/s1. The van der Waals surface area contributed by atoms with Crippen LogP contribution in [0.1, 0.15) is 37.9 Å². The van der Waals surface area contributed by atoms with Gasteiger partial charge in [-0.15, -0.1) is 11.8 Å². The van der Waals surface area contributed by atoms with Crippen LogP contribution in [0, 0.1) is 0 Å². The van der Waals surface area contributed by atoms with Crippen molar-refractivity contribution < 1.29 is 9.32 Å². The quantitative estimate of drug-likeness (QED) is 0.903. The molecule has 0 spiro atoms. The van der Waals surface area contributed by atoms with Crippen LogP contribution < -0.4 is 0 Å². The van der Waals surface area contributed by atoms with E-state index in [9.17, 15) is 9.32 Å². The van der Waals surface area contributed by atoms with Gasteiger partial charge in [0, 0.05) is 23.0 Å². The SMILES string of the molecule is CCS[C@@]1(C[C@@H](O)c2ccccc2)CCCS1=O. The molecular weight excluding hydrogens is 264 g/mol. The molecule has 1 aromatic rings. The van der Waals surface area contributed by atoms with Crippen molar-refractivity contribution in [1.29, 1.82) is 0 Å². The first-order chi connectivity index (χ1) is 8.68. The molecule has 1 aliphatic rings. The van der Waals surface area contributed by atoms with Crippen molar-refractivity contribution >= 4 is 22.6 Å². The van der Waals surface area contributed by atoms with Gasteiger partial charge in [0.25, 0.3) is 0 Å². The van der Waals surface area contributed by atoms with E-state index >= 15 is 0 Å². The molecule has 4 heteroatoms. The predicted molar refractivity (Wildman–Crippen MR) is 79.1 cm³/mol. The van der Waals surface area contributed by atoms with Gasteiger partial charge in [0.15, 0.2) is 0 Å². The lowest BCUT2D eigenvalue weighted by molar-refractivity contribution is 0.162. The third kappa shape index (κ3) is 2.98. The topological polar surface area (TPSA) is 37.3 Å². The number of aliphatic hydroxyl groups is 1. The van der Waals surface area contributed by atoms with E-state index in [0.717, 1.165) is 29.9 Å². The summed E-state index contributed by atoms with van der Waals surface area (Å²) in [7, 11) is -0.811. The second-order valence-corrected chi connectivity index (χ2v) is 8.41. The minimum Gasteiger partial charge on any atom is -0.388 e. The van der Waals surface area contributed by atoms with E-state index in [4.69, 9.17) is 0 Å². The third-order valence-corrected chi connectivity index (χ3v) is 7.36. The molecule has 0 saturated carbocycles. The summed E-state index contributed by atoms with van der Waals surface area (Å²) in [6, 6.07) is 9.69. The Morgan fingerprint density at radius 1 is 1.44 bits per heavy atom. The van der Waals surface area contributed by atoms with Gasteiger partial charge >= 0.3 is 0 Å². The predicted octanol–water partition coefficient (Wildman–Crippen LogP) is 3.10. The monoisotopic (exact) mass is 284 g/mol. The van der Waals surface area contributed by atoms with Crippen LogP contribution in [0.2, 0.25) is 0 Å². The maximum atomic E-state index is 12.2. The zero-order chi connectivity index (χ0) is 13.0. The fourth-order valence-electron chi connectivity index (χ4n) is 2.51. The Bertz CT molecular complexity index is 408. The van der Waals surface area contributed by atoms with Crippen LogP contribution in [-0.4, -0.2) is 24.9 Å². The Morgan fingerprint density at radius 2 is 2.17 bits per heavy atom. The second-order valence-electron chi connectivity index (χ2n) is 4.63. The number of aliphatic hydroxyl groups excluding tert-OH is 1. The number of rotatable bonds is 5. The summed E-state index contributed by atoms with van der Waals surface area (Å²) in [5.74, 6) is 1.74. The van der Waals surface area contributed by atoms with Crippen LogP contribution in [0.15, 0.2) is 30.3 Å². The van der Waals surface area contributed by atoms with E-state index in [1.807, 2.05) is 30.3 Å². The molecule has 1 fully saturated rings. The van der Waals surface area contributed by atoms with Gasteiger partial charge < -0.3 is 5.11 Å². The molecule has 2 nitrogen and oxygen atoms in total. The minimum absolute atomic E-state index is 0.232. The van der Waals surface area contributed by atoms with Gasteiger partial charge in [0.2, 0.25) is 0 Å².